The molecule has 5 N–H and O–H groups in total. The van der Waals surface area contributed by atoms with Crippen LogP contribution >= 0.6 is 15.9 Å². The Kier molecular flexibility index (Phi) is 25.2. The molecule has 8 nitrogen and oxygen atoms in total. The summed E-state index contributed by atoms with van der Waals surface area (Å²) < 4.78 is 5.74. The van der Waals surface area contributed by atoms with E-state index in [0.29, 0.717) is 35.5 Å². The lowest BCUT2D eigenvalue weighted by Crippen LogP contribution is -2.29. The topological polar surface area (TPSA) is 143 Å². The van der Waals surface area contributed by atoms with E-state index in [1.165, 1.54) is 62.2 Å². The maximum absolute atomic E-state index is 10.6. The van der Waals surface area contributed by atoms with Gasteiger partial charge in [-0.15, -0.1) is 0 Å². The summed E-state index contributed by atoms with van der Waals surface area (Å²) in [5.74, 6) is 1.04. The van der Waals surface area contributed by atoms with Gasteiger partial charge in [-0.2, -0.15) is 0 Å². The van der Waals surface area contributed by atoms with Gasteiger partial charge in [0.05, 0.1) is 6.61 Å². The van der Waals surface area contributed by atoms with Crippen molar-refractivity contribution in [3.8, 4) is 5.75 Å². The summed E-state index contributed by atoms with van der Waals surface area (Å²) in [4.78, 5) is 24.8. The molecule has 0 bridgehead atoms. The number of carbonyl (C=O) groups is 2. The average Bonchev–Trinajstić information content (AvgIpc) is 3.49. The third kappa shape index (κ3) is 21.6. The third-order valence-corrected chi connectivity index (χ3v) is 12.6. The first-order valence-corrected chi connectivity index (χ1v) is 26.7. The Morgan fingerprint density at radius 2 is 0.795 bits per heavy atom. The highest BCUT2D eigenvalue weighted by atomic mass is 79.9. The number of aromatic nitrogens is 1. The number of halogens is 1. The van der Waals surface area contributed by atoms with Crippen LogP contribution in [0.1, 0.15) is 81.9 Å². The SMILES string of the molecule is BrCc1cccc(Cc2ccccc2)c1.Nc1ncccc1OCc1cccc(Cc2ccccc2)c1.O=Cc1cccc(B(O)O)c1.O=Cc1cccc(Cc2ccccc2)c1.OCc1cccc(Cc2ccccc2)c1. The molecule has 10 aromatic rings. The van der Waals surface area contributed by atoms with Gasteiger partial charge in [0, 0.05) is 22.7 Å². The summed E-state index contributed by atoms with van der Waals surface area (Å²) >= 11 is 3.48. The van der Waals surface area contributed by atoms with Crippen molar-refractivity contribution in [2.75, 3.05) is 5.73 Å². The van der Waals surface area contributed by atoms with E-state index in [1.807, 2.05) is 97.1 Å². The van der Waals surface area contributed by atoms with E-state index in [-0.39, 0.29) is 6.61 Å². The van der Waals surface area contributed by atoms with Crippen LogP contribution in [0.2, 0.25) is 0 Å². The molecule has 10 rings (SSSR count). The number of nitrogen functional groups attached to an aromatic ring is 1. The Hall–Kier alpha value is -8.51. The number of rotatable bonds is 16. The van der Waals surface area contributed by atoms with E-state index in [1.54, 1.807) is 18.3 Å². The van der Waals surface area contributed by atoms with Crippen LogP contribution < -0.4 is 15.9 Å². The molecule has 392 valence electrons. The second-order valence-electron chi connectivity index (χ2n) is 18.1. The van der Waals surface area contributed by atoms with Crippen LogP contribution in [0.15, 0.2) is 261 Å². The minimum atomic E-state index is -1.50. The van der Waals surface area contributed by atoms with Crippen LogP contribution in [0.5, 0.6) is 5.75 Å². The number of hydrogen-bond donors (Lipinski definition) is 4. The Bertz CT molecular complexity index is 3230. The molecule has 0 aliphatic carbocycles. The molecule has 0 atom stereocenters. The molecular weight excluding hydrogens is 1030 g/mol. The van der Waals surface area contributed by atoms with Crippen LogP contribution in [-0.4, -0.2) is 39.8 Å². The summed E-state index contributed by atoms with van der Waals surface area (Å²) in [5.41, 5.74) is 21.0. The Balaban J connectivity index is 0.000000161. The summed E-state index contributed by atoms with van der Waals surface area (Å²) in [6.07, 6.45) is 6.94. The van der Waals surface area contributed by atoms with Gasteiger partial charge < -0.3 is 25.6 Å². The number of ether oxygens (including phenoxy) is 1. The van der Waals surface area contributed by atoms with E-state index in [2.05, 4.69) is 154 Å². The maximum atomic E-state index is 10.6. The lowest BCUT2D eigenvalue weighted by Gasteiger charge is -2.09. The second-order valence-corrected chi connectivity index (χ2v) is 18.7. The zero-order valence-electron chi connectivity index (χ0n) is 43.5. The molecule has 10 heteroatoms. The molecule has 0 spiro atoms. The largest absolute Gasteiger partial charge is 0.488 e. The van der Waals surface area contributed by atoms with Crippen LogP contribution in [0.25, 0.3) is 0 Å². The second kappa shape index (κ2) is 33.5. The smallest absolute Gasteiger partial charge is 0.485 e. The number of aliphatic hydroxyl groups excluding tert-OH is 1. The number of benzene rings is 9. The molecule has 1 aromatic heterocycles. The highest BCUT2D eigenvalue weighted by molar-refractivity contribution is 9.08. The third-order valence-electron chi connectivity index (χ3n) is 11.9. The minimum absolute atomic E-state index is 0.114. The van der Waals surface area contributed by atoms with Gasteiger partial charge in [0.1, 0.15) is 19.2 Å². The lowest BCUT2D eigenvalue weighted by atomic mass is 9.80. The molecule has 0 aliphatic heterocycles. The normalized spacial score (nSPS) is 10.1. The number of hydrogen-bond acceptors (Lipinski definition) is 8. The van der Waals surface area contributed by atoms with Crippen molar-refractivity contribution in [2.45, 2.75) is 44.2 Å². The minimum Gasteiger partial charge on any atom is -0.485 e. The van der Waals surface area contributed by atoms with Crippen molar-refractivity contribution in [3.63, 3.8) is 0 Å². The number of carbonyl (C=O) groups excluding carboxylic acids is 2. The number of nitrogens with two attached hydrogens (primary N) is 1. The van der Waals surface area contributed by atoms with Crippen molar-refractivity contribution in [3.05, 3.63) is 333 Å². The van der Waals surface area contributed by atoms with Gasteiger partial charge >= 0.3 is 7.12 Å². The fourth-order valence-corrected chi connectivity index (χ4v) is 8.42. The maximum Gasteiger partial charge on any atom is 0.488 e. The van der Waals surface area contributed by atoms with Gasteiger partial charge in [-0.05, 0) is 111 Å². The van der Waals surface area contributed by atoms with Crippen molar-refractivity contribution in [2.24, 2.45) is 0 Å². The van der Waals surface area contributed by atoms with Crippen LogP contribution in [0, 0.1) is 0 Å². The van der Waals surface area contributed by atoms with Gasteiger partial charge in [-0.1, -0.05) is 253 Å². The molecule has 0 aliphatic rings. The predicted molar refractivity (Wildman–Crippen MR) is 321 cm³/mol. The molecule has 0 unspecified atom stereocenters. The summed E-state index contributed by atoms with van der Waals surface area (Å²) in [6.45, 7) is 0.598. The highest BCUT2D eigenvalue weighted by Crippen LogP contribution is 2.20. The van der Waals surface area contributed by atoms with E-state index < -0.39 is 7.12 Å². The van der Waals surface area contributed by atoms with E-state index in [0.717, 1.165) is 54.0 Å². The molecule has 1 heterocycles. The fourth-order valence-electron chi connectivity index (χ4n) is 8.07. The average molecular weight is 1100 g/mol. The van der Waals surface area contributed by atoms with Gasteiger partial charge in [-0.3, -0.25) is 9.59 Å². The number of aliphatic hydroxyl groups is 1. The first-order valence-electron chi connectivity index (χ1n) is 25.5. The first kappa shape index (κ1) is 58.8. The first-order chi connectivity index (χ1) is 38.2. The van der Waals surface area contributed by atoms with Gasteiger partial charge in [-0.25, -0.2) is 4.98 Å². The van der Waals surface area contributed by atoms with Crippen LogP contribution in [0.3, 0.4) is 0 Å². The van der Waals surface area contributed by atoms with Crippen molar-refractivity contribution in [1.29, 1.82) is 0 Å². The summed E-state index contributed by atoms with van der Waals surface area (Å²) in [5, 5.41) is 27.3. The predicted octanol–water partition coefficient (Wildman–Crippen LogP) is 13.0. The molecule has 0 radical (unpaired) electrons. The molecule has 0 saturated carbocycles. The zero-order valence-corrected chi connectivity index (χ0v) is 45.1. The van der Waals surface area contributed by atoms with Crippen molar-refractivity contribution >= 4 is 46.9 Å². The van der Waals surface area contributed by atoms with Crippen molar-refractivity contribution < 1.29 is 29.5 Å². The molecular formula is C68H64BBrN2O6. The van der Waals surface area contributed by atoms with Crippen LogP contribution in [0.4, 0.5) is 5.82 Å². The van der Waals surface area contributed by atoms with Crippen LogP contribution in [-0.2, 0) is 44.2 Å². The Morgan fingerprint density at radius 1 is 0.423 bits per heavy atom. The Labute approximate surface area is 467 Å². The van der Waals surface area contributed by atoms with E-state index in [4.69, 9.17) is 25.6 Å². The van der Waals surface area contributed by atoms with Gasteiger partial charge in [0.15, 0.2) is 11.6 Å². The summed E-state index contributed by atoms with van der Waals surface area (Å²) in [6, 6.07) is 84.3. The summed E-state index contributed by atoms with van der Waals surface area (Å²) in [7, 11) is -1.50. The standard InChI is InChI=1S/C19H18N2O.C14H13Br.C14H14O.C14H12O.C7H7BO3/c20-19-18(10-5-11-21-19)22-14-17-9-4-8-16(13-17)12-15-6-2-1-3-7-15;3*15-11-14-8-4-7-13(10-14)9-12-5-2-1-3-6-12;9-5-6-2-1-3-7(4-6)8(10)11/h1-11,13H,12,14H2,(H2,20,21);1-8,10H,9,11H2;1-8,10,15H,9,11H2;1-8,10-11H,9H2;1-5,10-11H. The number of alkyl halides is 1. The number of anilines is 1. The molecule has 0 amide bonds. The van der Waals surface area contributed by atoms with Gasteiger partial charge in [0.25, 0.3) is 0 Å². The Morgan fingerprint density at radius 3 is 1.23 bits per heavy atom. The molecule has 0 fully saturated rings. The number of nitrogens with zero attached hydrogens (tertiary/aromatic N) is 1. The number of aldehydes is 2. The van der Waals surface area contributed by atoms with Gasteiger partial charge in [0.2, 0.25) is 0 Å². The highest BCUT2D eigenvalue weighted by Gasteiger charge is 2.10. The molecule has 0 saturated heterocycles. The molecule has 9 aromatic carbocycles. The number of pyridine rings is 1. The zero-order chi connectivity index (χ0) is 55.0. The quantitative estimate of drug-likeness (QED) is 0.0426. The monoisotopic (exact) mass is 1090 g/mol. The molecule has 78 heavy (non-hydrogen) atoms. The van der Waals surface area contributed by atoms with E-state index in [9.17, 15) is 9.59 Å². The van der Waals surface area contributed by atoms with Crippen molar-refractivity contribution in [1.82, 2.24) is 4.98 Å². The van der Waals surface area contributed by atoms with E-state index >= 15 is 0 Å². The lowest BCUT2D eigenvalue weighted by molar-refractivity contribution is 0.111. The fraction of sp³-hybridized carbons (Fsp3) is 0.103.